The van der Waals surface area contributed by atoms with Gasteiger partial charge in [-0.1, -0.05) is 68.9 Å². The van der Waals surface area contributed by atoms with Crippen molar-refractivity contribution in [2.75, 3.05) is 39.5 Å². The van der Waals surface area contributed by atoms with Gasteiger partial charge in [0.05, 0.1) is 49.9 Å². The van der Waals surface area contributed by atoms with Crippen LogP contribution in [0.4, 0.5) is 13.2 Å². The molecule has 20 atom stereocenters. The van der Waals surface area contributed by atoms with Crippen LogP contribution in [-0.2, 0) is 47.5 Å². The van der Waals surface area contributed by atoms with Crippen molar-refractivity contribution in [3.8, 4) is 11.3 Å². The summed E-state index contributed by atoms with van der Waals surface area (Å²) in [6.07, 6.45) is -17.8. The lowest BCUT2D eigenvalue weighted by atomic mass is 9.75. The minimum Gasteiger partial charge on any atom is -0.450 e. The van der Waals surface area contributed by atoms with Crippen molar-refractivity contribution in [3.63, 3.8) is 0 Å². The number of halogens is 3. The minimum absolute atomic E-state index is 0.114. The maximum absolute atomic E-state index is 14.4. The third-order valence-corrected chi connectivity index (χ3v) is 17.0. The number of aromatic nitrogens is 3. The van der Waals surface area contributed by atoms with E-state index in [9.17, 15) is 68.4 Å². The predicted molar refractivity (Wildman–Crippen MR) is 278 cm³/mol. The monoisotopic (exact) mass is 1180 g/mol. The van der Waals surface area contributed by atoms with E-state index in [1.807, 2.05) is 6.92 Å². The highest BCUT2D eigenvalue weighted by atomic mass is 19.2. The molecule has 5 heterocycles. The third-order valence-electron chi connectivity index (χ3n) is 17.0. The molecular weight excluding hydrogens is 1100 g/mol. The Kier molecular flexibility index (Phi) is 21.3. The molecule has 83 heavy (non-hydrogen) atoms. The molecule has 0 spiro atoms. The summed E-state index contributed by atoms with van der Waals surface area (Å²) in [5.41, 5.74) is -0.228. The molecule has 6 fully saturated rings. The summed E-state index contributed by atoms with van der Waals surface area (Å²) in [4.78, 5) is 44.4. The smallest absolute Gasteiger partial charge is 0.338 e. The highest BCUT2D eigenvalue weighted by Gasteiger charge is 2.55. The second-order valence-corrected chi connectivity index (χ2v) is 22.4. The fourth-order valence-electron chi connectivity index (χ4n) is 12.0. The number of likely N-dealkylation sites (tertiary alicyclic amines) is 1. The fraction of sp³-hybridized carbons (Fsp3) is 0.696. The van der Waals surface area contributed by atoms with Crippen LogP contribution in [0.5, 0.6) is 0 Å². The molecule has 27 heteroatoms. The van der Waals surface area contributed by atoms with Gasteiger partial charge in [-0.3, -0.25) is 9.59 Å². The van der Waals surface area contributed by atoms with Crippen molar-refractivity contribution in [1.29, 1.82) is 0 Å². The molecule has 6 aliphatic rings. The van der Waals surface area contributed by atoms with E-state index >= 15 is 0 Å². The van der Waals surface area contributed by atoms with E-state index < -0.39 is 165 Å². The van der Waals surface area contributed by atoms with Gasteiger partial charge in [-0.25, -0.2) is 22.6 Å². The van der Waals surface area contributed by atoms with E-state index in [0.29, 0.717) is 38.1 Å². The number of benzene rings is 2. The lowest BCUT2D eigenvalue weighted by Gasteiger charge is -2.49. The Labute approximate surface area is 476 Å². The highest BCUT2D eigenvalue weighted by molar-refractivity contribution is 5.89. The molecule has 4 aliphatic heterocycles. The van der Waals surface area contributed by atoms with E-state index in [2.05, 4.69) is 15.6 Å². The number of carbonyl (C=O) groups excluding carboxylic acids is 3. The molecule has 1 aromatic heterocycles. The lowest BCUT2D eigenvalue weighted by Crippen LogP contribution is -2.64. The molecule has 4 saturated heterocycles. The van der Waals surface area contributed by atoms with E-state index in [1.54, 1.807) is 23.1 Å². The van der Waals surface area contributed by atoms with Gasteiger partial charge in [-0.2, -0.15) is 0 Å². The minimum atomic E-state index is -1.76. The average Bonchev–Trinajstić information content (AvgIpc) is 3.97. The number of hydrogen-bond donors (Lipinski definition) is 9. The van der Waals surface area contributed by atoms with Crippen LogP contribution < -0.4 is 5.32 Å². The Morgan fingerprint density at radius 3 is 2.12 bits per heavy atom. The van der Waals surface area contributed by atoms with Gasteiger partial charge in [0.15, 0.2) is 42.4 Å². The van der Waals surface area contributed by atoms with Crippen molar-refractivity contribution in [2.24, 2.45) is 17.8 Å². The van der Waals surface area contributed by atoms with Crippen LogP contribution >= 0.6 is 0 Å². The fourth-order valence-corrected chi connectivity index (χ4v) is 12.0. The molecule has 2 amide bonds. The van der Waals surface area contributed by atoms with Gasteiger partial charge in [0, 0.05) is 31.1 Å². The number of nitrogens with one attached hydrogen (secondary N) is 1. The number of nitrogens with zero attached hydrogens (tertiary/aromatic N) is 4. The molecular formula is C56H76F3N5O19. The van der Waals surface area contributed by atoms with Crippen molar-refractivity contribution in [1.82, 2.24) is 25.2 Å². The molecule has 9 rings (SSSR count). The SMILES string of the molecule is CCC1CC(C(=O)NCCO[C@H]2OC(CO)[C@@H](O)C(n3cc(-c4cc(F)c(F)c(F)c4)nn3)C2O)C[C@@H](O[C@@H]2OC(CO)[C@H](O)C(O[C@@H](CC3CCCCC3)C(=O)N3CCC3)C2OC(=O)c2ccccc2)C1O[C@@H]1OC(C)[C@@H](O)C(O)C1O. The quantitative estimate of drug-likeness (QED) is 0.0404. The molecule has 24 nitrogen and oxygen atoms in total. The zero-order valence-electron chi connectivity index (χ0n) is 46.0. The molecule has 0 bridgehead atoms. The molecule has 2 saturated carbocycles. The van der Waals surface area contributed by atoms with Crippen molar-refractivity contribution in [3.05, 3.63) is 71.7 Å². The van der Waals surface area contributed by atoms with Gasteiger partial charge < -0.3 is 89.0 Å². The number of hydrogen-bond acceptors (Lipinski definition) is 21. The highest BCUT2D eigenvalue weighted by Crippen LogP contribution is 2.41. The van der Waals surface area contributed by atoms with Crippen molar-refractivity contribution < 1.29 is 106 Å². The van der Waals surface area contributed by atoms with Gasteiger partial charge in [0.2, 0.25) is 5.91 Å². The number of carbonyl (C=O) groups is 3. The molecule has 9 N–H and O–H groups in total. The number of aliphatic hydroxyl groups is 8. The number of rotatable bonds is 21. The van der Waals surface area contributed by atoms with Gasteiger partial charge in [0.1, 0.15) is 72.8 Å². The first kappa shape index (κ1) is 62.7. The van der Waals surface area contributed by atoms with Crippen molar-refractivity contribution >= 4 is 17.8 Å². The summed E-state index contributed by atoms with van der Waals surface area (Å²) in [5.74, 6) is -7.71. The standard InChI is InChI=1S/C56H76F3N5O19/c1-3-29-20-32(51(73)60-15-18-76-54-45(70)41(43(68)38(25-65)80-54)64-24-35(61-62-64)31-21-33(57)40(59)34(58)22-31)23-36(48(29)83-55-47(72)46(71)42(67)27(2)77-55)79-56-50(82-53(75)30-13-8-5-9-14-30)49(44(69)39(26-66)81-56)78-37(52(74)63-16-10-17-63)19-28-11-6-4-7-12-28/h5,8-9,13-14,21-22,24,27-29,32,36-39,41-50,54-56,65-72H,3-4,6-7,10-12,15-20,23,25-26H2,1-2H3,(H,60,73)/t27?,29?,32?,36-,37+,38?,39?,41?,42-,43-,44+,45?,46?,47?,48?,49?,50?,54+,55+,56-/m1/s1. The van der Waals surface area contributed by atoms with Gasteiger partial charge >= 0.3 is 5.97 Å². The van der Waals surface area contributed by atoms with Crippen molar-refractivity contribution in [2.45, 2.75) is 188 Å². The molecule has 12 unspecified atom stereocenters. The Morgan fingerprint density at radius 1 is 0.771 bits per heavy atom. The number of amides is 2. The van der Waals surface area contributed by atoms with Crippen LogP contribution in [0.3, 0.4) is 0 Å². The van der Waals surface area contributed by atoms with Gasteiger partial charge in [-0.15, -0.1) is 5.10 Å². The first-order valence-electron chi connectivity index (χ1n) is 28.6. The Morgan fingerprint density at radius 2 is 1.46 bits per heavy atom. The molecule has 460 valence electrons. The Bertz CT molecular complexity index is 2600. The number of esters is 1. The maximum Gasteiger partial charge on any atom is 0.338 e. The first-order valence-corrected chi connectivity index (χ1v) is 28.6. The molecule has 2 aromatic carbocycles. The van der Waals surface area contributed by atoms with Crippen LogP contribution in [0.15, 0.2) is 48.7 Å². The Balaban J connectivity index is 0.953. The zero-order chi connectivity index (χ0) is 59.2. The summed E-state index contributed by atoms with van der Waals surface area (Å²) in [6.45, 7) is 2.26. The van der Waals surface area contributed by atoms with Crippen LogP contribution in [-0.4, -0.2) is 222 Å². The van der Waals surface area contributed by atoms with Crippen LogP contribution in [0.1, 0.15) is 94.5 Å². The van der Waals surface area contributed by atoms with E-state index in [1.165, 1.54) is 19.1 Å². The predicted octanol–water partition coefficient (Wildman–Crippen LogP) is 0.770. The summed E-state index contributed by atoms with van der Waals surface area (Å²) >= 11 is 0. The van der Waals surface area contributed by atoms with Gasteiger partial charge in [-0.05, 0) is 68.7 Å². The zero-order valence-corrected chi connectivity index (χ0v) is 46.0. The van der Waals surface area contributed by atoms with Crippen LogP contribution in [0.2, 0.25) is 0 Å². The largest absolute Gasteiger partial charge is 0.450 e. The number of ether oxygens (including phenoxy) is 8. The van der Waals surface area contributed by atoms with Gasteiger partial charge in [0.25, 0.3) is 5.91 Å². The molecule has 3 aromatic rings. The normalized spacial score (nSPS) is 35.5. The second-order valence-electron chi connectivity index (χ2n) is 22.4. The van der Waals surface area contributed by atoms with E-state index in [0.717, 1.165) is 49.4 Å². The summed E-state index contributed by atoms with van der Waals surface area (Å²) in [5, 5.41) is 98.7. The molecule has 0 radical (unpaired) electrons. The average molecular weight is 1180 g/mol. The summed E-state index contributed by atoms with van der Waals surface area (Å²) in [6, 6.07) is 7.94. The number of aliphatic hydroxyl groups excluding tert-OH is 8. The summed E-state index contributed by atoms with van der Waals surface area (Å²) in [7, 11) is 0. The van der Waals surface area contributed by atoms with Crippen LogP contribution in [0, 0.1) is 35.2 Å². The Hall–Kier alpha value is -4.82. The first-order chi connectivity index (χ1) is 39.9. The summed E-state index contributed by atoms with van der Waals surface area (Å²) < 4.78 is 92.9. The van der Waals surface area contributed by atoms with E-state index in [4.69, 9.17) is 37.9 Å². The third kappa shape index (κ3) is 14.2. The lowest BCUT2D eigenvalue weighted by molar-refractivity contribution is -0.349. The molecule has 2 aliphatic carbocycles. The van der Waals surface area contributed by atoms with Crippen LogP contribution in [0.25, 0.3) is 11.3 Å². The second kappa shape index (κ2) is 28.1. The van der Waals surface area contributed by atoms with E-state index in [-0.39, 0.29) is 54.6 Å². The topological polar surface area (TPSA) is 333 Å². The maximum atomic E-state index is 14.4.